The van der Waals surface area contributed by atoms with Gasteiger partial charge < -0.3 is 15.4 Å². The minimum Gasteiger partial charge on any atom is -0.378 e. The number of hydrogen-bond donors (Lipinski definition) is 2. The van der Waals surface area contributed by atoms with Crippen LogP contribution >= 0.6 is 0 Å². The molecule has 0 aliphatic heterocycles. The fraction of sp³-hybridized carbons (Fsp3) is 1.00. The standard InChI is InChI=1S/C12H26N2O/c1-3-13-7-8-14-6-5-11-9-12(10-11)15-4-2/h11-14H,3-10H2,1-2H3. The second kappa shape index (κ2) is 8.08. The maximum Gasteiger partial charge on any atom is 0.0580 e. The molecule has 3 heteroatoms. The first-order chi connectivity index (χ1) is 7.36. The van der Waals surface area contributed by atoms with E-state index >= 15 is 0 Å². The Morgan fingerprint density at radius 3 is 2.47 bits per heavy atom. The Morgan fingerprint density at radius 2 is 1.80 bits per heavy atom. The second-order valence-electron chi connectivity index (χ2n) is 4.31. The average Bonchev–Trinajstić information content (AvgIpc) is 2.19. The van der Waals surface area contributed by atoms with Gasteiger partial charge in [-0.15, -0.1) is 0 Å². The van der Waals surface area contributed by atoms with E-state index in [1.165, 1.54) is 19.3 Å². The van der Waals surface area contributed by atoms with Crippen LogP contribution in [0.4, 0.5) is 0 Å². The molecule has 0 unspecified atom stereocenters. The van der Waals surface area contributed by atoms with E-state index in [4.69, 9.17) is 4.74 Å². The lowest BCUT2D eigenvalue weighted by Crippen LogP contribution is -2.34. The topological polar surface area (TPSA) is 33.3 Å². The van der Waals surface area contributed by atoms with E-state index in [1.807, 2.05) is 0 Å². The van der Waals surface area contributed by atoms with Crippen LogP contribution < -0.4 is 10.6 Å². The molecule has 0 aromatic rings. The van der Waals surface area contributed by atoms with E-state index in [0.717, 1.165) is 38.7 Å². The van der Waals surface area contributed by atoms with E-state index in [9.17, 15) is 0 Å². The third-order valence-corrected chi connectivity index (χ3v) is 3.05. The van der Waals surface area contributed by atoms with Gasteiger partial charge in [0.1, 0.15) is 0 Å². The summed E-state index contributed by atoms with van der Waals surface area (Å²) >= 11 is 0. The third-order valence-electron chi connectivity index (χ3n) is 3.05. The van der Waals surface area contributed by atoms with Crippen LogP contribution in [0.25, 0.3) is 0 Å². The number of ether oxygens (including phenoxy) is 1. The minimum atomic E-state index is 0.571. The van der Waals surface area contributed by atoms with Crippen LogP contribution in [0.1, 0.15) is 33.1 Å². The molecule has 1 aliphatic carbocycles. The zero-order valence-corrected chi connectivity index (χ0v) is 10.2. The van der Waals surface area contributed by atoms with E-state index in [-0.39, 0.29) is 0 Å². The van der Waals surface area contributed by atoms with Crippen molar-refractivity contribution in [2.45, 2.75) is 39.2 Å². The van der Waals surface area contributed by atoms with Crippen LogP contribution in [0.3, 0.4) is 0 Å². The zero-order valence-electron chi connectivity index (χ0n) is 10.2. The molecule has 0 aromatic heterocycles. The molecule has 0 aromatic carbocycles. The van der Waals surface area contributed by atoms with Crippen molar-refractivity contribution >= 4 is 0 Å². The molecule has 15 heavy (non-hydrogen) atoms. The Kier molecular flexibility index (Phi) is 6.98. The van der Waals surface area contributed by atoms with E-state index in [1.54, 1.807) is 0 Å². The lowest BCUT2D eigenvalue weighted by molar-refractivity contribution is -0.0262. The van der Waals surface area contributed by atoms with Gasteiger partial charge in [0.25, 0.3) is 0 Å². The Labute approximate surface area is 94.0 Å². The SMILES string of the molecule is CCNCCNCCC1CC(OCC)C1. The molecule has 2 N–H and O–H groups in total. The largest absolute Gasteiger partial charge is 0.378 e. The van der Waals surface area contributed by atoms with Gasteiger partial charge in [-0.1, -0.05) is 6.92 Å². The molecule has 3 nitrogen and oxygen atoms in total. The summed E-state index contributed by atoms with van der Waals surface area (Å²) in [7, 11) is 0. The number of rotatable bonds is 9. The summed E-state index contributed by atoms with van der Waals surface area (Å²) in [5.41, 5.74) is 0. The summed E-state index contributed by atoms with van der Waals surface area (Å²) < 4.78 is 5.54. The third kappa shape index (κ3) is 5.50. The maximum atomic E-state index is 5.54. The van der Waals surface area contributed by atoms with Crippen molar-refractivity contribution in [3.05, 3.63) is 0 Å². The highest BCUT2D eigenvalue weighted by Crippen LogP contribution is 2.32. The molecular weight excluding hydrogens is 188 g/mol. The van der Waals surface area contributed by atoms with E-state index < -0.39 is 0 Å². The molecule has 1 fully saturated rings. The van der Waals surface area contributed by atoms with Gasteiger partial charge >= 0.3 is 0 Å². The normalized spacial score (nSPS) is 25.2. The Balaban J connectivity index is 1.78. The summed E-state index contributed by atoms with van der Waals surface area (Å²) in [6.45, 7) is 9.50. The summed E-state index contributed by atoms with van der Waals surface area (Å²) in [6, 6.07) is 0. The van der Waals surface area contributed by atoms with Crippen molar-refractivity contribution in [2.75, 3.05) is 32.8 Å². The van der Waals surface area contributed by atoms with Crippen LogP contribution in [0.2, 0.25) is 0 Å². The summed E-state index contributed by atoms with van der Waals surface area (Å²) in [6.07, 6.45) is 4.45. The van der Waals surface area contributed by atoms with Crippen LogP contribution in [-0.4, -0.2) is 38.9 Å². The highest BCUT2D eigenvalue weighted by atomic mass is 16.5. The lowest BCUT2D eigenvalue weighted by Gasteiger charge is -2.35. The predicted octanol–water partition coefficient (Wildman–Crippen LogP) is 1.39. The molecule has 1 rings (SSSR count). The van der Waals surface area contributed by atoms with Crippen molar-refractivity contribution in [1.29, 1.82) is 0 Å². The fourth-order valence-electron chi connectivity index (χ4n) is 2.07. The van der Waals surface area contributed by atoms with Crippen LogP contribution in [0, 0.1) is 5.92 Å². The second-order valence-corrected chi connectivity index (χ2v) is 4.31. The van der Waals surface area contributed by atoms with Gasteiger partial charge in [0, 0.05) is 19.7 Å². The summed E-state index contributed by atoms with van der Waals surface area (Å²) in [5, 5.41) is 6.77. The molecule has 90 valence electrons. The number of nitrogens with one attached hydrogen (secondary N) is 2. The Hall–Kier alpha value is -0.120. The van der Waals surface area contributed by atoms with Crippen LogP contribution in [0.15, 0.2) is 0 Å². The molecule has 0 heterocycles. The van der Waals surface area contributed by atoms with Gasteiger partial charge in [-0.25, -0.2) is 0 Å². The summed E-state index contributed by atoms with van der Waals surface area (Å²) in [4.78, 5) is 0. The molecule has 0 bridgehead atoms. The molecule has 0 amide bonds. The Morgan fingerprint density at radius 1 is 1.07 bits per heavy atom. The smallest absolute Gasteiger partial charge is 0.0580 e. The fourth-order valence-corrected chi connectivity index (χ4v) is 2.07. The van der Waals surface area contributed by atoms with Gasteiger partial charge in [-0.05, 0) is 45.2 Å². The van der Waals surface area contributed by atoms with E-state index in [0.29, 0.717) is 6.10 Å². The molecule has 0 atom stereocenters. The minimum absolute atomic E-state index is 0.571. The van der Waals surface area contributed by atoms with E-state index in [2.05, 4.69) is 24.5 Å². The highest BCUT2D eigenvalue weighted by Gasteiger charge is 2.28. The first kappa shape index (κ1) is 12.9. The molecule has 1 saturated carbocycles. The Bertz CT molecular complexity index is 147. The highest BCUT2D eigenvalue weighted by molar-refractivity contribution is 4.80. The van der Waals surface area contributed by atoms with Gasteiger partial charge in [-0.2, -0.15) is 0 Å². The van der Waals surface area contributed by atoms with Gasteiger partial charge in [0.05, 0.1) is 6.10 Å². The van der Waals surface area contributed by atoms with Crippen molar-refractivity contribution in [3.8, 4) is 0 Å². The van der Waals surface area contributed by atoms with Crippen molar-refractivity contribution in [3.63, 3.8) is 0 Å². The number of likely N-dealkylation sites (N-methyl/N-ethyl adjacent to an activating group) is 1. The van der Waals surface area contributed by atoms with Gasteiger partial charge in [-0.3, -0.25) is 0 Å². The molecular formula is C12H26N2O. The first-order valence-electron chi connectivity index (χ1n) is 6.39. The zero-order chi connectivity index (χ0) is 10.9. The summed E-state index contributed by atoms with van der Waals surface area (Å²) in [5.74, 6) is 0.910. The van der Waals surface area contributed by atoms with Crippen LogP contribution in [-0.2, 0) is 4.74 Å². The monoisotopic (exact) mass is 214 g/mol. The number of hydrogen-bond acceptors (Lipinski definition) is 3. The predicted molar refractivity (Wildman–Crippen MR) is 64.2 cm³/mol. The molecule has 1 aliphatic rings. The van der Waals surface area contributed by atoms with Crippen LogP contribution in [0.5, 0.6) is 0 Å². The lowest BCUT2D eigenvalue weighted by atomic mass is 9.80. The first-order valence-corrected chi connectivity index (χ1v) is 6.39. The van der Waals surface area contributed by atoms with Crippen molar-refractivity contribution in [1.82, 2.24) is 10.6 Å². The van der Waals surface area contributed by atoms with Crippen molar-refractivity contribution in [2.24, 2.45) is 5.92 Å². The quantitative estimate of drug-likeness (QED) is 0.569. The molecule has 0 spiro atoms. The van der Waals surface area contributed by atoms with Gasteiger partial charge in [0.15, 0.2) is 0 Å². The van der Waals surface area contributed by atoms with Gasteiger partial charge in [0.2, 0.25) is 0 Å². The molecule has 0 saturated heterocycles. The van der Waals surface area contributed by atoms with Crippen molar-refractivity contribution < 1.29 is 4.74 Å². The molecule has 0 radical (unpaired) electrons. The maximum absolute atomic E-state index is 5.54. The average molecular weight is 214 g/mol.